The molecule has 1 saturated heterocycles. The lowest BCUT2D eigenvalue weighted by atomic mass is 9.89. The van der Waals surface area contributed by atoms with Crippen LogP contribution >= 0.6 is 0 Å². The van der Waals surface area contributed by atoms with E-state index in [1.165, 1.54) is 11.1 Å². The summed E-state index contributed by atoms with van der Waals surface area (Å²) in [5.74, 6) is 0.355. The number of rotatable bonds is 4. The topological polar surface area (TPSA) is 50.2 Å². The number of aryl methyl sites for hydroxylation is 2. The first-order chi connectivity index (χ1) is 11.5. The van der Waals surface area contributed by atoms with Crippen molar-refractivity contribution >= 4 is 5.91 Å². The average molecular weight is 326 g/mol. The lowest BCUT2D eigenvalue weighted by Gasteiger charge is -2.29. The molecule has 1 aliphatic rings. The monoisotopic (exact) mass is 326 g/mol. The van der Waals surface area contributed by atoms with E-state index in [2.05, 4.69) is 48.5 Å². The SMILES string of the molecule is Cc1ccc(C(C)N(C)C(=O)[C@H]2CNC[C@@H]2c2cnn(C)c2)cc1. The van der Waals surface area contributed by atoms with Crippen molar-refractivity contribution in [3.8, 4) is 0 Å². The molecule has 1 aromatic heterocycles. The Bertz CT molecular complexity index is 706. The highest BCUT2D eigenvalue weighted by atomic mass is 16.2. The molecule has 24 heavy (non-hydrogen) atoms. The van der Waals surface area contributed by atoms with Crippen LogP contribution in [-0.2, 0) is 11.8 Å². The maximum absolute atomic E-state index is 13.1. The zero-order chi connectivity index (χ0) is 17.3. The van der Waals surface area contributed by atoms with Crippen LogP contribution in [0.3, 0.4) is 0 Å². The molecule has 1 fully saturated rings. The second-order valence-corrected chi connectivity index (χ2v) is 6.85. The Labute approximate surface area is 143 Å². The van der Waals surface area contributed by atoms with Gasteiger partial charge in [0.2, 0.25) is 5.91 Å². The van der Waals surface area contributed by atoms with Crippen LogP contribution in [0.4, 0.5) is 0 Å². The molecule has 0 spiro atoms. The first-order valence-electron chi connectivity index (χ1n) is 8.50. The molecular weight excluding hydrogens is 300 g/mol. The first kappa shape index (κ1) is 16.7. The van der Waals surface area contributed by atoms with Gasteiger partial charge in [-0.25, -0.2) is 0 Å². The van der Waals surface area contributed by atoms with Crippen LogP contribution in [0.5, 0.6) is 0 Å². The number of amides is 1. The van der Waals surface area contributed by atoms with Crippen molar-refractivity contribution in [2.45, 2.75) is 25.8 Å². The van der Waals surface area contributed by atoms with E-state index in [1.54, 1.807) is 4.68 Å². The predicted octanol–water partition coefficient (Wildman–Crippen LogP) is 2.25. The maximum Gasteiger partial charge on any atom is 0.227 e. The lowest BCUT2D eigenvalue weighted by Crippen LogP contribution is -2.37. The summed E-state index contributed by atoms with van der Waals surface area (Å²) >= 11 is 0. The van der Waals surface area contributed by atoms with E-state index in [4.69, 9.17) is 0 Å². The fourth-order valence-corrected chi connectivity index (χ4v) is 3.44. The normalized spacial score (nSPS) is 21.7. The van der Waals surface area contributed by atoms with Gasteiger partial charge in [-0.15, -0.1) is 0 Å². The third-order valence-electron chi connectivity index (χ3n) is 5.17. The van der Waals surface area contributed by atoms with Gasteiger partial charge < -0.3 is 10.2 Å². The summed E-state index contributed by atoms with van der Waals surface area (Å²) in [5, 5.41) is 7.62. The lowest BCUT2D eigenvalue weighted by molar-refractivity contribution is -0.136. The van der Waals surface area contributed by atoms with Crippen LogP contribution in [0.25, 0.3) is 0 Å². The average Bonchev–Trinajstić information content (AvgIpc) is 3.22. The van der Waals surface area contributed by atoms with Gasteiger partial charge in [-0.2, -0.15) is 5.10 Å². The Morgan fingerprint density at radius 1 is 1.33 bits per heavy atom. The predicted molar refractivity (Wildman–Crippen MR) is 94.7 cm³/mol. The molecule has 1 aliphatic heterocycles. The molecule has 1 amide bonds. The van der Waals surface area contributed by atoms with Gasteiger partial charge in [0.25, 0.3) is 0 Å². The number of carbonyl (C=O) groups excluding carboxylic acids is 1. The smallest absolute Gasteiger partial charge is 0.227 e. The molecule has 0 saturated carbocycles. The van der Waals surface area contributed by atoms with Crippen molar-refractivity contribution in [1.29, 1.82) is 0 Å². The zero-order valence-electron chi connectivity index (χ0n) is 14.9. The molecule has 2 heterocycles. The highest BCUT2D eigenvalue weighted by Crippen LogP contribution is 2.31. The molecule has 1 aromatic carbocycles. The van der Waals surface area contributed by atoms with E-state index in [0.29, 0.717) is 0 Å². The minimum Gasteiger partial charge on any atom is -0.339 e. The molecule has 2 aromatic rings. The number of carbonyl (C=O) groups is 1. The van der Waals surface area contributed by atoms with Gasteiger partial charge in [0.15, 0.2) is 0 Å². The van der Waals surface area contributed by atoms with Crippen molar-refractivity contribution in [2.24, 2.45) is 13.0 Å². The highest BCUT2D eigenvalue weighted by Gasteiger charge is 2.37. The molecule has 0 radical (unpaired) electrons. The van der Waals surface area contributed by atoms with E-state index in [9.17, 15) is 4.79 Å². The molecular formula is C19H26N4O. The summed E-state index contributed by atoms with van der Waals surface area (Å²) in [7, 11) is 3.82. The fourth-order valence-electron chi connectivity index (χ4n) is 3.44. The van der Waals surface area contributed by atoms with Crippen molar-refractivity contribution in [3.63, 3.8) is 0 Å². The number of aromatic nitrogens is 2. The number of benzene rings is 1. The molecule has 3 rings (SSSR count). The summed E-state index contributed by atoms with van der Waals surface area (Å²) in [6, 6.07) is 8.47. The summed E-state index contributed by atoms with van der Waals surface area (Å²) in [6.45, 7) is 5.72. The molecule has 128 valence electrons. The van der Waals surface area contributed by atoms with Gasteiger partial charge in [-0.3, -0.25) is 9.48 Å². The van der Waals surface area contributed by atoms with Crippen LogP contribution in [0.2, 0.25) is 0 Å². The number of hydrogen-bond acceptors (Lipinski definition) is 3. The van der Waals surface area contributed by atoms with Gasteiger partial charge in [0.1, 0.15) is 0 Å². The molecule has 0 bridgehead atoms. The van der Waals surface area contributed by atoms with Crippen molar-refractivity contribution < 1.29 is 4.79 Å². The zero-order valence-corrected chi connectivity index (χ0v) is 14.9. The van der Waals surface area contributed by atoms with E-state index >= 15 is 0 Å². The Morgan fingerprint density at radius 3 is 2.67 bits per heavy atom. The van der Waals surface area contributed by atoms with E-state index < -0.39 is 0 Å². The van der Waals surface area contributed by atoms with Gasteiger partial charge in [-0.05, 0) is 25.0 Å². The second-order valence-electron chi connectivity index (χ2n) is 6.85. The summed E-state index contributed by atoms with van der Waals surface area (Å²) < 4.78 is 1.80. The quantitative estimate of drug-likeness (QED) is 0.937. The third kappa shape index (κ3) is 3.22. The third-order valence-corrected chi connectivity index (χ3v) is 5.17. The molecule has 1 N–H and O–H groups in total. The van der Waals surface area contributed by atoms with Crippen molar-refractivity contribution in [3.05, 3.63) is 53.3 Å². The van der Waals surface area contributed by atoms with Crippen LogP contribution in [0, 0.1) is 12.8 Å². The molecule has 0 aliphatic carbocycles. The Balaban J connectivity index is 1.75. The fraction of sp³-hybridized carbons (Fsp3) is 0.474. The Hall–Kier alpha value is -2.14. The Kier molecular flexibility index (Phi) is 4.71. The maximum atomic E-state index is 13.1. The van der Waals surface area contributed by atoms with Crippen LogP contribution in [0.15, 0.2) is 36.7 Å². The van der Waals surface area contributed by atoms with E-state index in [1.807, 2.05) is 31.4 Å². The van der Waals surface area contributed by atoms with Gasteiger partial charge in [-0.1, -0.05) is 29.8 Å². The van der Waals surface area contributed by atoms with Crippen LogP contribution < -0.4 is 5.32 Å². The second kappa shape index (κ2) is 6.77. The number of nitrogens with one attached hydrogen (secondary N) is 1. The molecule has 5 nitrogen and oxygen atoms in total. The molecule has 1 unspecified atom stereocenters. The number of hydrogen-bond donors (Lipinski definition) is 1. The van der Waals surface area contributed by atoms with Crippen molar-refractivity contribution in [2.75, 3.05) is 20.1 Å². The first-order valence-corrected chi connectivity index (χ1v) is 8.50. The number of nitrogens with zero attached hydrogens (tertiary/aromatic N) is 3. The van der Waals surface area contributed by atoms with E-state index in [-0.39, 0.29) is 23.8 Å². The largest absolute Gasteiger partial charge is 0.339 e. The van der Waals surface area contributed by atoms with E-state index in [0.717, 1.165) is 18.7 Å². The van der Waals surface area contributed by atoms with Gasteiger partial charge >= 0.3 is 0 Å². The molecule has 3 atom stereocenters. The van der Waals surface area contributed by atoms with Gasteiger partial charge in [0.05, 0.1) is 18.2 Å². The standard InChI is InChI=1S/C19H26N4O/c1-13-5-7-15(8-6-13)14(2)23(4)19(24)18-11-20-10-17(18)16-9-21-22(3)12-16/h5-9,12,14,17-18,20H,10-11H2,1-4H3/t14?,17-,18+/m1/s1. The van der Waals surface area contributed by atoms with Crippen LogP contribution in [-0.4, -0.2) is 40.7 Å². The minimum absolute atomic E-state index is 0.0351. The Morgan fingerprint density at radius 2 is 2.04 bits per heavy atom. The summed E-state index contributed by atoms with van der Waals surface area (Å²) in [4.78, 5) is 15.0. The van der Waals surface area contributed by atoms with Crippen LogP contribution in [0.1, 0.15) is 35.6 Å². The molecule has 5 heteroatoms. The summed E-state index contributed by atoms with van der Waals surface area (Å²) in [5.41, 5.74) is 3.54. The van der Waals surface area contributed by atoms with Gasteiger partial charge in [0, 0.05) is 39.3 Å². The minimum atomic E-state index is -0.0351. The summed E-state index contributed by atoms with van der Waals surface area (Å²) in [6.07, 6.45) is 3.89. The highest BCUT2D eigenvalue weighted by molar-refractivity contribution is 5.80. The van der Waals surface area contributed by atoms with Crippen molar-refractivity contribution in [1.82, 2.24) is 20.0 Å².